The molecule has 0 spiro atoms. The van der Waals surface area contributed by atoms with Gasteiger partial charge in [-0.2, -0.15) is 0 Å². The molecule has 3 atom stereocenters. The number of rotatable bonds is 17. The molecule has 0 unspecified atom stereocenters. The average molecular weight is 570 g/mol. The van der Waals surface area contributed by atoms with Crippen LogP contribution in [0.25, 0.3) is 0 Å². The minimum Gasteiger partial charge on any atom is -0.458 e. The molecule has 41 heavy (non-hydrogen) atoms. The van der Waals surface area contributed by atoms with Gasteiger partial charge in [0.05, 0.1) is 5.56 Å². The lowest BCUT2D eigenvalue weighted by atomic mass is 10.1. The summed E-state index contributed by atoms with van der Waals surface area (Å²) in [5, 5.41) is 0. The van der Waals surface area contributed by atoms with Crippen molar-refractivity contribution < 1.29 is 38.1 Å². The molecule has 2 aromatic carbocycles. The van der Waals surface area contributed by atoms with Gasteiger partial charge >= 0.3 is 23.9 Å². The summed E-state index contributed by atoms with van der Waals surface area (Å²) in [5.74, 6) is -1.81. The second-order valence-electron chi connectivity index (χ2n) is 10.1. The zero-order valence-electron chi connectivity index (χ0n) is 24.6. The third-order valence-electron chi connectivity index (χ3n) is 6.45. The molecule has 0 bridgehead atoms. The second-order valence-corrected chi connectivity index (χ2v) is 10.1. The lowest BCUT2D eigenvalue weighted by Crippen LogP contribution is -2.39. The quantitative estimate of drug-likeness (QED) is 0.145. The Morgan fingerprint density at radius 1 is 0.732 bits per heavy atom. The molecule has 0 fully saturated rings. The fourth-order valence-electron chi connectivity index (χ4n) is 3.84. The monoisotopic (exact) mass is 569 g/mol. The Labute approximate surface area is 242 Å². The van der Waals surface area contributed by atoms with Crippen molar-refractivity contribution in [3.63, 3.8) is 0 Å². The number of benzene rings is 2. The molecular weight excluding hydrogens is 526 g/mol. The first kappa shape index (κ1) is 33.5. The second kappa shape index (κ2) is 17.9. The van der Waals surface area contributed by atoms with E-state index in [1.807, 2.05) is 13.8 Å². The summed E-state index contributed by atoms with van der Waals surface area (Å²) in [7, 11) is 0. The molecule has 0 saturated heterocycles. The molecule has 2 aromatic rings. The summed E-state index contributed by atoms with van der Waals surface area (Å²) in [6.07, 6.45) is 4.27. The Morgan fingerprint density at radius 2 is 1.29 bits per heavy atom. The van der Waals surface area contributed by atoms with E-state index in [-0.39, 0.29) is 30.8 Å². The van der Waals surface area contributed by atoms with Crippen LogP contribution in [0.3, 0.4) is 0 Å². The first-order chi connectivity index (χ1) is 19.6. The summed E-state index contributed by atoms with van der Waals surface area (Å²) < 4.78 is 21.9. The molecule has 0 radical (unpaired) electrons. The number of ether oxygens (including phenoxy) is 4. The van der Waals surface area contributed by atoms with Crippen molar-refractivity contribution in [3.05, 3.63) is 59.7 Å². The van der Waals surface area contributed by atoms with E-state index in [2.05, 4.69) is 0 Å². The predicted molar refractivity (Wildman–Crippen MR) is 155 cm³/mol. The Balaban J connectivity index is 2.03. The zero-order valence-corrected chi connectivity index (χ0v) is 24.6. The van der Waals surface area contributed by atoms with Crippen LogP contribution < -0.4 is 15.2 Å². The van der Waals surface area contributed by atoms with Crippen LogP contribution in [0.5, 0.6) is 11.5 Å². The predicted octanol–water partition coefficient (Wildman–Crippen LogP) is 5.71. The van der Waals surface area contributed by atoms with Crippen molar-refractivity contribution in [2.75, 3.05) is 0 Å². The van der Waals surface area contributed by atoms with Crippen molar-refractivity contribution >= 4 is 23.9 Å². The molecule has 0 aliphatic heterocycles. The van der Waals surface area contributed by atoms with Gasteiger partial charge in [-0.05, 0) is 62.9 Å². The van der Waals surface area contributed by atoms with Gasteiger partial charge in [-0.1, -0.05) is 63.8 Å². The number of nitrogens with two attached hydrogens (primary N) is 1. The SMILES string of the molecule is CCCCCC(=O)Oc1ccc(C[C@H](N)C(=O)O[C@@H](C)[C@H](C)OC(=O)c2ccccc2)cc1OC(=O)CCCCC. The van der Waals surface area contributed by atoms with Gasteiger partial charge in [-0.15, -0.1) is 0 Å². The van der Waals surface area contributed by atoms with Gasteiger partial charge in [-0.25, -0.2) is 4.79 Å². The van der Waals surface area contributed by atoms with Gasteiger partial charge in [-0.3, -0.25) is 14.4 Å². The van der Waals surface area contributed by atoms with E-state index < -0.39 is 42.1 Å². The molecule has 0 heterocycles. The highest BCUT2D eigenvalue weighted by molar-refractivity contribution is 5.89. The Morgan fingerprint density at radius 3 is 1.88 bits per heavy atom. The number of esters is 4. The summed E-state index contributed by atoms with van der Waals surface area (Å²) in [6.45, 7) is 7.33. The summed E-state index contributed by atoms with van der Waals surface area (Å²) in [6, 6.07) is 12.2. The summed E-state index contributed by atoms with van der Waals surface area (Å²) in [4.78, 5) is 49.8. The van der Waals surface area contributed by atoms with Gasteiger partial charge in [0, 0.05) is 12.8 Å². The topological polar surface area (TPSA) is 131 Å². The van der Waals surface area contributed by atoms with Crippen LogP contribution in [0.2, 0.25) is 0 Å². The fourth-order valence-corrected chi connectivity index (χ4v) is 3.84. The zero-order chi connectivity index (χ0) is 30.2. The standard InChI is InChI=1S/C32H43NO8/c1-5-7-10-16-29(34)40-27-19-18-24(21-28(27)41-30(35)17-11-8-6-2)20-26(33)32(37)39-23(4)22(3)38-31(36)25-14-12-9-13-15-25/h9,12-15,18-19,21-23,26H,5-8,10-11,16-17,20,33H2,1-4H3/t22-,23-,26-/m0/s1. The lowest BCUT2D eigenvalue weighted by molar-refractivity contribution is -0.155. The van der Waals surface area contributed by atoms with Crippen molar-refractivity contribution in [1.82, 2.24) is 0 Å². The van der Waals surface area contributed by atoms with E-state index in [1.54, 1.807) is 56.3 Å². The number of unbranched alkanes of at least 4 members (excludes halogenated alkanes) is 4. The van der Waals surface area contributed by atoms with Crippen molar-refractivity contribution in [2.45, 2.75) is 104 Å². The minimum atomic E-state index is -1.04. The van der Waals surface area contributed by atoms with Crippen LogP contribution in [0.4, 0.5) is 0 Å². The van der Waals surface area contributed by atoms with E-state index in [0.29, 0.717) is 24.0 Å². The highest BCUT2D eigenvalue weighted by atomic mass is 16.6. The highest BCUT2D eigenvalue weighted by Crippen LogP contribution is 2.30. The van der Waals surface area contributed by atoms with Crippen LogP contribution in [0, 0.1) is 0 Å². The molecule has 0 aromatic heterocycles. The third-order valence-corrected chi connectivity index (χ3v) is 6.45. The molecule has 9 nitrogen and oxygen atoms in total. The normalized spacial score (nSPS) is 13.0. The molecule has 0 aliphatic carbocycles. The smallest absolute Gasteiger partial charge is 0.338 e. The van der Waals surface area contributed by atoms with Crippen LogP contribution in [-0.4, -0.2) is 42.1 Å². The minimum absolute atomic E-state index is 0.0782. The number of carbonyl (C=O) groups is 4. The maximum Gasteiger partial charge on any atom is 0.338 e. The van der Waals surface area contributed by atoms with E-state index in [1.165, 1.54) is 6.07 Å². The molecule has 2 N–H and O–H groups in total. The van der Waals surface area contributed by atoms with Crippen molar-refractivity contribution in [2.24, 2.45) is 5.73 Å². The van der Waals surface area contributed by atoms with Crippen LogP contribution in [-0.2, 0) is 30.3 Å². The largest absolute Gasteiger partial charge is 0.458 e. The molecule has 0 amide bonds. The molecule has 224 valence electrons. The summed E-state index contributed by atoms with van der Waals surface area (Å²) in [5.41, 5.74) is 7.12. The molecule has 0 aliphatic rings. The molecule has 2 rings (SSSR count). The third kappa shape index (κ3) is 12.1. The van der Waals surface area contributed by atoms with Crippen LogP contribution in [0.15, 0.2) is 48.5 Å². The fraction of sp³-hybridized carbons (Fsp3) is 0.500. The lowest BCUT2D eigenvalue weighted by Gasteiger charge is -2.22. The Kier molecular flexibility index (Phi) is 14.6. The molecule has 0 saturated carbocycles. The Hall–Kier alpha value is -3.72. The first-order valence-electron chi connectivity index (χ1n) is 14.4. The van der Waals surface area contributed by atoms with Crippen LogP contribution in [0.1, 0.15) is 95.0 Å². The number of hydrogen-bond donors (Lipinski definition) is 1. The molecular formula is C32H43NO8. The van der Waals surface area contributed by atoms with Gasteiger partial charge in [0.15, 0.2) is 11.5 Å². The Bertz CT molecular complexity index is 1130. The van der Waals surface area contributed by atoms with Gasteiger partial charge in [0.2, 0.25) is 0 Å². The summed E-state index contributed by atoms with van der Waals surface area (Å²) >= 11 is 0. The van der Waals surface area contributed by atoms with Gasteiger partial charge < -0.3 is 24.7 Å². The first-order valence-corrected chi connectivity index (χ1v) is 14.4. The van der Waals surface area contributed by atoms with Crippen molar-refractivity contribution in [1.29, 1.82) is 0 Å². The maximum absolute atomic E-state index is 12.7. The van der Waals surface area contributed by atoms with Gasteiger partial charge in [0.1, 0.15) is 18.2 Å². The van der Waals surface area contributed by atoms with Crippen LogP contribution >= 0.6 is 0 Å². The van der Waals surface area contributed by atoms with E-state index in [0.717, 1.165) is 25.7 Å². The van der Waals surface area contributed by atoms with E-state index in [4.69, 9.17) is 24.7 Å². The number of carbonyl (C=O) groups excluding carboxylic acids is 4. The van der Waals surface area contributed by atoms with E-state index in [9.17, 15) is 19.2 Å². The van der Waals surface area contributed by atoms with Gasteiger partial charge in [0.25, 0.3) is 0 Å². The van der Waals surface area contributed by atoms with Crippen molar-refractivity contribution in [3.8, 4) is 11.5 Å². The highest BCUT2D eigenvalue weighted by Gasteiger charge is 2.25. The average Bonchev–Trinajstić information content (AvgIpc) is 2.95. The maximum atomic E-state index is 12.7. The molecule has 9 heteroatoms. The number of hydrogen-bond acceptors (Lipinski definition) is 9. The van der Waals surface area contributed by atoms with E-state index >= 15 is 0 Å².